The zero-order chi connectivity index (χ0) is 12.7. The second-order valence-corrected chi connectivity index (χ2v) is 4.76. The van der Waals surface area contributed by atoms with Gasteiger partial charge in [0.25, 0.3) is 0 Å². The summed E-state index contributed by atoms with van der Waals surface area (Å²) in [6, 6.07) is 0.501. The fourth-order valence-corrected chi connectivity index (χ4v) is 2.50. The lowest BCUT2D eigenvalue weighted by atomic mass is 10.2. The zero-order valence-corrected chi connectivity index (χ0v) is 10.3. The molecule has 1 fully saturated rings. The third kappa shape index (κ3) is 1.67. The van der Waals surface area contributed by atoms with Crippen molar-refractivity contribution in [3.8, 4) is 0 Å². The van der Waals surface area contributed by atoms with E-state index in [9.17, 15) is 4.79 Å². The number of nitrogens with zero attached hydrogens (tertiary/aromatic N) is 4. The van der Waals surface area contributed by atoms with Gasteiger partial charge in [0.2, 0.25) is 0 Å². The molecule has 3 heterocycles. The van der Waals surface area contributed by atoms with Gasteiger partial charge >= 0.3 is 5.69 Å². The van der Waals surface area contributed by atoms with Crippen molar-refractivity contribution in [1.29, 1.82) is 0 Å². The van der Waals surface area contributed by atoms with Crippen LogP contribution in [0.2, 0.25) is 0 Å². The number of imidazole rings is 1. The van der Waals surface area contributed by atoms with Crippen LogP contribution in [0.1, 0.15) is 19.8 Å². The minimum absolute atomic E-state index is 0.184. The Morgan fingerprint density at radius 2 is 2.39 bits per heavy atom. The molecule has 0 bridgehead atoms. The van der Waals surface area contributed by atoms with Gasteiger partial charge in [0.1, 0.15) is 11.8 Å². The molecule has 1 unspecified atom stereocenters. The SMILES string of the molecule is CC1CCCN1Cn1c(=O)[nH]c2c(N)ncnc21. The van der Waals surface area contributed by atoms with Crippen LogP contribution >= 0.6 is 0 Å². The maximum Gasteiger partial charge on any atom is 0.328 e. The number of hydrogen-bond donors (Lipinski definition) is 2. The lowest BCUT2D eigenvalue weighted by molar-refractivity contribution is 0.212. The molecule has 3 N–H and O–H groups in total. The largest absolute Gasteiger partial charge is 0.382 e. The monoisotopic (exact) mass is 248 g/mol. The molecule has 0 radical (unpaired) electrons. The van der Waals surface area contributed by atoms with Crippen molar-refractivity contribution in [2.75, 3.05) is 12.3 Å². The van der Waals surface area contributed by atoms with E-state index < -0.39 is 0 Å². The molecule has 18 heavy (non-hydrogen) atoms. The topological polar surface area (TPSA) is 92.8 Å². The Morgan fingerprint density at radius 3 is 3.11 bits per heavy atom. The number of rotatable bonds is 2. The van der Waals surface area contributed by atoms with Crippen molar-refractivity contribution in [1.82, 2.24) is 24.4 Å². The highest BCUT2D eigenvalue weighted by Gasteiger charge is 2.22. The van der Waals surface area contributed by atoms with Crippen LogP contribution in [-0.2, 0) is 6.67 Å². The normalized spacial score (nSPS) is 20.8. The first-order valence-electron chi connectivity index (χ1n) is 6.10. The van der Waals surface area contributed by atoms with Crippen LogP contribution in [0.5, 0.6) is 0 Å². The Balaban J connectivity index is 2.04. The Labute approximate surface area is 104 Å². The average Bonchev–Trinajstić information content (AvgIpc) is 2.87. The molecule has 1 saturated heterocycles. The molecule has 3 rings (SSSR count). The van der Waals surface area contributed by atoms with E-state index in [1.165, 1.54) is 19.2 Å². The maximum absolute atomic E-state index is 11.9. The van der Waals surface area contributed by atoms with Gasteiger partial charge < -0.3 is 10.7 Å². The number of aromatic amines is 1. The Hall–Kier alpha value is -1.89. The van der Waals surface area contributed by atoms with Crippen molar-refractivity contribution in [2.45, 2.75) is 32.5 Å². The molecule has 7 nitrogen and oxygen atoms in total. The van der Waals surface area contributed by atoms with Gasteiger partial charge in [-0.3, -0.25) is 9.47 Å². The van der Waals surface area contributed by atoms with E-state index in [0.29, 0.717) is 29.7 Å². The van der Waals surface area contributed by atoms with Gasteiger partial charge in [-0.05, 0) is 19.8 Å². The Kier molecular flexibility index (Phi) is 2.55. The second kappa shape index (κ2) is 4.09. The minimum atomic E-state index is -0.184. The van der Waals surface area contributed by atoms with Crippen LogP contribution in [0.4, 0.5) is 5.82 Å². The smallest absolute Gasteiger partial charge is 0.328 e. The van der Waals surface area contributed by atoms with E-state index in [1.807, 2.05) is 0 Å². The second-order valence-electron chi connectivity index (χ2n) is 4.76. The minimum Gasteiger partial charge on any atom is -0.382 e. The molecule has 0 aliphatic carbocycles. The standard InChI is InChI=1S/C11H16N6O/c1-7-3-2-4-16(7)6-17-10-8(15-11(17)18)9(12)13-5-14-10/h5,7H,2-4,6H2,1H3,(H,15,18)(H2,12,13,14). The number of anilines is 1. The zero-order valence-electron chi connectivity index (χ0n) is 10.3. The molecule has 1 atom stereocenters. The average molecular weight is 248 g/mol. The van der Waals surface area contributed by atoms with Crippen molar-refractivity contribution in [2.24, 2.45) is 0 Å². The maximum atomic E-state index is 11.9. The van der Waals surface area contributed by atoms with Gasteiger partial charge in [0.05, 0.1) is 6.67 Å². The third-order valence-corrected chi connectivity index (χ3v) is 3.60. The van der Waals surface area contributed by atoms with Crippen LogP contribution in [0, 0.1) is 0 Å². The van der Waals surface area contributed by atoms with Gasteiger partial charge in [0.15, 0.2) is 11.5 Å². The summed E-state index contributed by atoms with van der Waals surface area (Å²) in [5.41, 5.74) is 6.64. The van der Waals surface area contributed by atoms with E-state index in [0.717, 1.165) is 6.54 Å². The van der Waals surface area contributed by atoms with Gasteiger partial charge in [0, 0.05) is 12.6 Å². The number of hydrogen-bond acceptors (Lipinski definition) is 5. The van der Waals surface area contributed by atoms with E-state index in [-0.39, 0.29) is 5.69 Å². The summed E-state index contributed by atoms with van der Waals surface area (Å²) in [4.78, 5) is 25.0. The summed E-state index contributed by atoms with van der Waals surface area (Å²) in [6.07, 6.45) is 3.73. The van der Waals surface area contributed by atoms with Gasteiger partial charge in [-0.1, -0.05) is 0 Å². The van der Waals surface area contributed by atoms with Crippen molar-refractivity contribution in [3.05, 3.63) is 16.8 Å². The van der Waals surface area contributed by atoms with Gasteiger partial charge in [-0.2, -0.15) is 0 Å². The lowest BCUT2D eigenvalue weighted by Gasteiger charge is -2.20. The number of nitrogens with two attached hydrogens (primary N) is 1. The third-order valence-electron chi connectivity index (χ3n) is 3.60. The molecular weight excluding hydrogens is 232 g/mol. The highest BCUT2D eigenvalue weighted by molar-refractivity contribution is 5.80. The summed E-state index contributed by atoms with van der Waals surface area (Å²) in [7, 11) is 0. The van der Waals surface area contributed by atoms with Crippen LogP contribution in [-0.4, -0.2) is 37.0 Å². The highest BCUT2D eigenvalue weighted by atomic mass is 16.1. The Morgan fingerprint density at radius 1 is 1.56 bits per heavy atom. The molecule has 2 aromatic heterocycles. The molecule has 1 aliphatic heterocycles. The summed E-state index contributed by atoms with van der Waals surface area (Å²) >= 11 is 0. The first kappa shape index (κ1) is 11.2. The van der Waals surface area contributed by atoms with Gasteiger partial charge in [-0.15, -0.1) is 0 Å². The quantitative estimate of drug-likeness (QED) is 0.788. The first-order valence-corrected chi connectivity index (χ1v) is 6.10. The summed E-state index contributed by atoms with van der Waals surface area (Å²) in [6.45, 7) is 3.74. The number of nitrogens with one attached hydrogen (secondary N) is 1. The lowest BCUT2D eigenvalue weighted by Crippen LogP contribution is -2.33. The number of nitrogen functional groups attached to an aromatic ring is 1. The molecule has 0 spiro atoms. The predicted octanol–water partition coefficient (Wildman–Crippen LogP) is 0.144. The first-order chi connectivity index (χ1) is 8.66. The highest BCUT2D eigenvalue weighted by Crippen LogP contribution is 2.18. The van der Waals surface area contributed by atoms with Gasteiger partial charge in [-0.25, -0.2) is 14.8 Å². The molecule has 2 aromatic rings. The van der Waals surface area contributed by atoms with Crippen LogP contribution in [0.25, 0.3) is 11.2 Å². The number of fused-ring (bicyclic) bond motifs is 1. The summed E-state index contributed by atoms with van der Waals surface area (Å²) < 4.78 is 1.62. The van der Waals surface area contributed by atoms with Crippen molar-refractivity contribution >= 4 is 17.0 Å². The fraction of sp³-hybridized carbons (Fsp3) is 0.545. The predicted molar refractivity (Wildman–Crippen MR) is 68.0 cm³/mol. The van der Waals surface area contributed by atoms with Crippen molar-refractivity contribution in [3.63, 3.8) is 0 Å². The van der Waals surface area contributed by atoms with Crippen LogP contribution in [0.3, 0.4) is 0 Å². The molecule has 0 saturated carbocycles. The number of aromatic nitrogens is 4. The Bertz CT molecular complexity index is 630. The van der Waals surface area contributed by atoms with Crippen molar-refractivity contribution < 1.29 is 0 Å². The van der Waals surface area contributed by atoms with E-state index in [2.05, 4.69) is 26.8 Å². The molecule has 1 aliphatic rings. The van der Waals surface area contributed by atoms with E-state index >= 15 is 0 Å². The molecule has 96 valence electrons. The number of H-pyrrole nitrogens is 1. The van der Waals surface area contributed by atoms with Crippen LogP contribution < -0.4 is 11.4 Å². The molecule has 7 heteroatoms. The van der Waals surface area contributed by atoms with Crippen LogP contribution in [0.15, 0.2) is 11.1 Å². The van der Waals surface area contributed by atoms with E-state index in [4.69, 9.17) is 5.73 Å². The summed E-state index contributed by atoms with van der Waals surface area (Å²) in [5, 5.41) is 0. The molecular formula is C11H16N6O. The van der Waals surface area contributed by atoms with E-state index in [1.54, 1.807) is 4.57 Å². The fourth-order valence-electron chi connectivity index (χ4n) is 2.50. The summed E-state index contributed by atoms with van der Waals surface area (Å²) in [5.74, 6) is 0.310. The molecule has 0 aromatic carbocycles. The molecule has 0 amide bonds. The number of likely N-dealkylation sites (tertiary alicyclic amines) is 1.